The Morgan fingerprint density at radius 1 is 1.44 bits per heavy atom. The normalized spacial score (nSPS) is 20.8. The highest BCUT2D eigenvalue weighted by Crippen LogP contribution is 2.13. The van der Waals surface area contributed by atoms with E-state index in [1.807, 2.05) is 12.1 Å². The van der Waals surface area contributed by atoms with Crippen molar-refractivity contribution in [1.82, 2.24) is 4.90 Å². The van der Waals surface area contributed by atoms with E-state index in [0.717, 1.165) is 32.7 Å². The molecule has 1 atom stereocenters. The Balaban J connectivity index is 1.94. The van der Waals surface area contributed by atoms with Crippen molar-refractivity contribution in [2.45, 2.75) is 26.0 Å². The first-order valence-electron chi connectivity index (χ1n) is 6.41. The van der Waals surface area contributed by atoms with Crippen LogP contribution in [0.15, 0.2) is 24.3 Å². The van der Waals surface area contributed by atoms with Crippen molar-refractivity contribution in [3.8, 4) is 0 Å². The van der Waals surface area contributed by atoms with Crippen molar-refractivity contribution >= 4 is 5.91 Å². The van der Waals surface area contributed by atoms with Crippen molar-refractivity contribution in [1.29, 1.82) is 0 Å². The van der Waals surface area contributed by atoms with E-state index in [4.69, 9.17) is 10.5 Å². The van der Waals surface area contributed by atoms with E-state index in [0.29, 0.717) is 11.7 Å². The van der Waals surface area contributed by atoms with Crippen LogP contribution in [0.5, 0.6) is 0 Å². The number of ether oxygens (including phenoxy) is 1. The van der Waals surface area contributed by atoms with Crippen molar-refractivity contribution in [3.05, 3.63) is 35.4 Å². The van der Waals surface area contributed by atoms with Crippen molar-refractivity contribution in [2.75, 3.05) is 19.7 Å². The molecule has 2 N–H and O–H groups in total. The lowest BCUT2D eigenvalue weighted by atomic mass is 10.1. The lowest BCUT2D eigenvalue weighted by Gasteiger charge is -2.32. The molecule has 0 saturated carbocycles. The highest BCUT2D eigenvalue weighted by atomic mass is 16.5. The highest BCUT2D eigenvalue weighted by molar-refractivity contribution is 5.92. The minimum Gasteiger partial charge on any atom is -0.376 e. The topological polar surface area (TPSA) is 55.6 Å². The van der Waals surface area contributed by atoms with Gasteiger partial charge < -0.3 is 10.5 Å². The van der Waals surface area contributed by atoms with Gasteiger partial charge in [0.05, 0.1) is 12.7 Å². The molecular weight excluding hydrogens is 228 g/mol. The van der Waals surface area contributed by atoms with Crippen molar-refractivity contribution < 1.29 is 9.53 Å². The average molecular weight is 248 g/mol. The molecule has 4 nitrogen and oxygen atoms in total. The molecule has 4 heteroatoms. The third kappa shape index (κ3) is 3.31. The number of primary amides is 1. The third-order valence-corrected chi connectivity index (χ3v) is 3.32. The van der Waals surface area contributed by atoms with Gasteiger partial charge in [-0.1, -0.05) is 19.1 Å². The fourth-order valence-corrected chi connectivity index (χ4v) is 2.20. The van der Waals surface area contributed by atoms with Crippen LogP contribution in [-0.4, -0.2) is 36.6 Å². The largest absolute Gasteiger partial charge is 0.376 e. The second-order valence-corrected chi connectivity index (χ2v) is 4.70. The smallest absolute Gasteiger partial charge is 0.248 e. The molecule has 0 spiro atoms. The first-order valence-corrected chi connectivity index (χ1v) is 6.41. The zero-order valence-electron chi connectivity index (χ0n) is 10.8. The molecule has 18 heavy (non-hydrogen) atoms. The average Bonchev–Trinajstić information content (AvgIpc) is 2.39. The fourth-order valence-electron chi connectivity index (χ4n) is 2.20. The number of nitrogens with two attached hydrogens (primary N) is 1. The van der Waals surface area contributed by atoms with E-state index in [1.54, 1.807) is 12.1 Å². The van der Waals surface area contributed by atoms with Crippen LogP contribution in [0.2, 0.25) is 0 Å². The summed E-state index contributed by atoms with van der Waals surface area (Å²) in [7, 11) is 0. The molecule has 0 aliphatic carbocycles. The standard InChI is InChI=1S/C14H20N2O2/c1-2-13-10-16(7-8-18-13)9-11-3-5-12(6-4-11)14(15)17/h3-6,13H,2,7-10H2,1H3,(H2,15,17). The van der Waals surface area contributed by atoms with E-state index in [9.17, 15) is 4.79 Å². The highest BCUT2D eigenvalue weighted by Gasteiger charge is 2.18. The van der Waals surface area contributed by atoms with Gasteiger partial charge in [0.15, 0.2) is 0 Å². The number of carbonyl (C=O) groups is 1. The molecule has 0 aromatic heterocycles. The fraction of sp³-hybridized carbons (Fsp3) is 0.500. The molecule has 1 amide bonds. The Hall–Kier alpha value is -1.39. The Bertz CT molecular complexity index is 403. The van der Waals surface area contributed by atoms with Crippen LogP contribution >= 0.6 is 0 Å². The van der Waals surface area contributed by atoms with Gasteiger partial charge in [0.1, 0.15) is 0 Å². The molecule has 1 fully saturated rings. The number of hydrogen-bond donors (Lipinski definition) is 1. The monoisotopic (exact) mass is 248 g/mol. The molecule has 1 saturated heterocycles. The van der Waals surface area contributed by atoms with Crippen LogP contribution in [0.4, 0.5) is 0 Å². The maximum atomic E-state index is 11.0. The predicted octanol–water partition coefficient (Wildman–Crippen LogP) is 1.40. The molecule has 2 rings (SSSR count). The van der Waals surface area contributed by atoms with E-state index >= 15 is 0 Å². The molecule has 1 heterocycles. The first-order chi connectivity index (χ1) is 8.69. The third-order valence-electron chi connectivity index (χ3n) is 3.32. The van der Waals surface area contributed by atoms with Gasteiger partial charge >= 0.3 is 0 Å². The number of hydrogen-bond acceptors (Lipinski definition) is 3. The summed E-state index contributed by atoms with van der Waals surface area (Å²) in [4.78, 5) is 13.4. The lowest BCUT2D eigenvalue weighted by molar-refractivity contribution is -0.0324. The quantitative estimate of drug-likeness (QED) is 0.876. The molecule has 1 aliphatic heterocycles. The van der Waals surface area contributed by atoms with Crippen molar-refractivity contribution in [3.63, 3.8) is 0 Å². The van der Waals surface area contributed by atoms with E-state index in [2.05, 4.69) is 11.8 Å². The van der Waals surface area contributed by atoms with Gasteiger partial charge in [-0.2, -0.15) is 0 Å². The van der Waals surface area contributed by atoms with Crippen LogP contribution in [0.25, 0.3) is 0 Å². The van der Waals surface area contributed by atoms with Crippen molar-refractivity contribution in [2.24, 2.45) is 5.73 Å². The van der Waals surface area contributed by atoms with E-state index in [-0.39, 0.29) is 5.91 Å². The molecule has 0 bridgehead atoms. The molecular formula is C14H20N2O2. The number of amides is 1. The maximum Gasteiger partial charge on any atom is 0.248 e. The Morgan fingerprint density at radius 3 is 2.78 bits per heavy atom. The van der Waals surface area contributed by atoms with Crippen LogP contribution in [0.1, 0.15) is 29.3 Å². The summed E-state index contributed by atoms with van der Waals surface area (Å²) < 4.78 is 5.64. The van der Waals surface area contributed by atoms with Gasteiger partial charge in [-0.3, -0.25) is 9.69 Å². The number of carbonyl (C=O) groups excluding carboxylic acids is 1. The summed E-state index contributed by atoms with van der Waals surface area (Å²) in [6.45, 7) is 5.80. The molecule has 1 aromatic carbocycles. The van der Waals surface area contributed by atoms with E-state index in [1.165, 1.54) is 5.56 Å². The number of morpholine rings is 1. The molecule has 0 radical (unpaired) electrons. The zero-order valence-corrected chi connectivity index (χ0v) is 10.8. The number of nitrogens with zero attached hydrogens (tertiary/aromatic N) is 1. The van der Waals surface area contributed by atoms with Gasteiger partial charge in [-0.15, -0.1) is 0 Å². The lowest BCUT2D eigenvalue weighted by Crippen LogP contribution is -2.41. The summed E-state index contributed by atoms with van der Waals surface area (Å²) in [5.41, 5.74) is 6.99. The van der Waals surface area contributed by atoms with Gasteiger partial charge in [-0.05, 0) is 24.1 Å². The summed E-state index contributed by atoms with van der Waals surface area (Å²) >= 11 is 0. The van der Waals surface area contributed by atoms with Crippen LogP contribution in [0, 0.1) is 0 Å². The summed E-state index contributed by atoms with van der Waals surface area (Å²) in [6.07, 6.45) is 1.40. The minimum absolute atomic E-state index is 0.351. The Labute approximate surface area is 108 Å². The summed E-state index contributed by atoms with van der Waals surface area (Å²) in [6, 6.07) is 7.51. The second kappa shape index (κ2) is 5.98. The van der Waals surface area contributed by atoms with Gasteiger partial charge in [0, 0.05) is 25.2 Å². The Kier molecular flexibility index (Phi) is 4.33. The minimum atomic E-state index is -0.376. The second-order valence-electron chi connectivity index (χ2n) is 4.70. The van der Waals surface area contributed by atoms with Gasteiger partial charge in [0.25, 0.3) is 0 Å². The van der Waals surface area contributed by atoms with Gasteiger partial charge in [0.2, 0.25) is 5.91 Å². The van der Waals surface area contributed by atoms with E-state index < -0.39 is 0 Å². The van der Waals surface area contributed by atoms with Crippen LogP contribution in [-0.2, 0) is 11.3 Å². The summed E-state index contributed by atoms with van der Waals surface area (Å²) in [5.74, 6) is -0.376. The number of benzene rings is 1. The van der Waals surface area contributed by atoms with Crippen LogP contribution < -0.4 is 5.73 Å². The zero-order chi connectivity index (χ0) is 13.0. The molecule has 1 aliphatic rings. The first kappa shape index (κ1) is 13.1. The summed E-state index contributed by atoms with van der Waals surface area (Å²) in [5, 5.41) is 0. The SMILES string of the molecule is CCC1CN(Cc2ccc(C(N)=O)cc2)CCO1. The molecule has 1 unspecified atom stereocenters. The maximum absolute atomic E-state index is 11.0. The van der Waals surface area contributed by atoms with Crippen LogP contribution in [0.3, 0.4) is 0 Å². The van der Waals surface area contributed by atoms with Gasteiger partial charge in [-0.25, -0.2) is 0 Å². The number of rotatable bonds is 4. The Morgan fingerprint density at radius 2 is 2.17 bits per heavy atom. The predicted molar refractivity (Wildman–Crippen MR) is 70.3 cm³/mol. The molecule has 98 valence electrons. The molecule has 1 aromatic rings.